The van der Waals surface area contributed by atoms with Gasteiger partial charge in [-0.1, -0.05) is 51.1 Å². The molecule has 0 atom stereocenters. The van der Waals surface area contributed by atoms with Crippen molar-refractivity contribution in [2.75, 3.05) is 27.4 Å². The SMILES string of the molecule is COc1c(C=NCCO[Si](C)(C)C(C)(C)C)cc(OCc2ccccc2)c(OC)c1C. The van der Waals surface area contributed by atoms with E-state index in [0.29, 0.717) is 31.3 Å². The number of hydrogen-bond donors (Lipinski definition) is 0. The second-order valence-electron chi connectivity index (χ2n) is 9.07. The van der Waals surface area contributed by atoms with Gasteiger partial charge >= 0.3 is 0 Å². The van der Waals surface area contributed by atoms with Crippen molar-refractivity contribution in [3.05, 3.63) is 53.1 Å². The first-order valence-corrected chi connectivity index (χ1v) is 13.6. The van der Waals surface area contributed by atoms with Crippen molar-refractivity contribution < 1.29 is 18.6 Å². The summed E-state index contributed by atoms with van der Waals surface area (Å²) in [6.07, 6.45) is 1.83. The minimum Gasteiger partial charge on any atom is -0.496 e. The Morgan fingerprint density at radius 1 is 1.00 bits per heavy atom. The quantitative estimate of drug-likeness (QED) is 0.255. The van der Waals surface area contributed by atoms with Crippen molar-refractivity contribution in [1.82, 2.24) is 0 Å². The van der Waals surface area contributed by atoms with Gasteiger partial charge < -0.3 is 18.6 Å². The maximum Gasteiger partial charge on any atom is 0.192 e. The van der Waals surface area contributed by atoms with Crippen LogP contribution in [0.3, 0.4) is 0 Å². The van der Waals surface area contributed by atoms with Gasteiger partial charge in [0.15, 0.2) is 19.8 Å². The van der Waals surface area contributed by atoms with Crippen molar-refractivity contribution in [2.45, 2.75) is 52.4 Å². The molecule has 0 saturated carbocycles. The fraction of sp³-hybridized carbons (Fsp3) is 0.480. The summed E-state index contributed by atoms with van der Waals surface area (Å²) in [4.78, 5) is 4.59. The maximum atomic E-state index is 6.21. The third-order valence-electron chi connectivity index (χ3n) is 5.82. The van der Waals surface area contributed by atoms with Gasteiger partial charge in [0, 0.05) is 17.3 Å². The summed E-state index contributed by atoms with van der Waals surface area (Å²) in [6.45, 7) is 14.9. The number of aliphatic imine (C=N–C) groups is 1. The molecule has 0 aliphatic carbocycles. The first kappa shape index (κ1) is 25.0. The van der Waals surface area contributed by atoms with Crippen LogP contribution in [0.4, 0.5) is 0 Å². The van der Waals surface area contributed by atoms with Gasteiger partial charge in [0.25, 0.3) is 0 Å². The number of benzene rings is 2. The van der Waals surface area contributed by atoms with E-state index in [0.717, 1.165) is 22.4 Å². The Bertz CT molecular complexity index is 873. The average molecular weight is 444 g/mol. The Morgan fingerprint density at radius 2 is 1.65 bits per heavy atom. The number of ether oxygens (including phenoxy) is 3. The Balaban J connectivity index is 2.16. The van der Waals surface area contributed by atoms with Crippen molar-refractivity contribution in [2.24, 2.45) is 4.99 Å². The molecule has 0 saturated heterocycles. The number of methoxy groups -OCH3 is 2. The van der Waals surface area contributed by atoms with Gasteiger partial charge in [-0.2, -0.15) is 0 Å². The van der Waals surface area contributed by atoms with E-state index in [9.17, 15) is 0 Å². The van der Waals surface area contributed by atoms with Crippen LogP contribution in [-0.4, -0.2) is 41.9 Å². The first-order chi connectivity index (χ1) is 14.6. The molecule has 0 spiro atoms. The zero-order valence-corrected chi connectivity index (χ0v) is 21.2. The second kappa shape index (κ2) is 10.8. The predicted molar refractivity (Wildman–Crippen MR) is 131 cm³/mol. The summed E-state index contributed by atoms with van der Waals surface area (Å²) in [5.41, 5.74) is 2.83. The van der Waals surface area contributed by atoms with Crippen molar-refractivity contribution in [1.29, 1.82) is 0 Å². The second-order valence-corrected chi connectivity index (χ2v) is 13.9. The lowest BCUT2D eigenvalue weighted by molar-refractivity contribution is 0.282. The van der Waals surface area contributed by atoms with Gasteiger partial charge in [-0.15, -0.1) is 0 Å². The molecule has 0 aliphatic rings. The molecule has 0 aromatic heterocycles. The number of nitrogens with zero attached hydrogens (tertiary/aromatic N) is 1. The molecule has 0 bridgehead atoms. The van der Waals surface area contributed by atoms with E-state index in [1.165, 1.54) is 0 Å². The third-order valence-corrected chi connectivity index (χ3v) is 10.4. The molecule has 0 unspecified atom stereocenters. The molecular weight excluding hydrogens is 406 g/mol. The van der Waals surface area contributed by atoms with Crippen molar-refractivity contribution in [3.8, 4) is 17.2 Å². The van der Waals surface area contributed by atoms with Gasteiger partial charge in [0.05, 0.1) is 27.4 Å². The normalized spacial score (nSPS) is 12.3. The molecule has 2 aromatic carbocycles. The summed E-state index contributed by atoms with van der Waals surface area (Å²) < 4.78 is 23.5. The Labute approximate surface area is 188 Å². The lowest BCUT2D eigenvalue weighted by Crippen LogP contribution is -2.41. The molecule has 6 heteroatoms. The monoisotopic (exact) mass is 443 g/mol. The summed E-state index contributed by atoms with van der Waals surface area (Å²) >= 11 is 0. The van der Waals surface area contributed by atoms with Crippen LogP contribution in [0.15, 0.2) is 41.4 Å². The summed E-state index contributed by atoms with van der Waals surface area (Å²) in [7, 11) is 1.54. The van der Waals surface area contributed by atoms with E-state index < -0.39 is 8.32 Å². The summed E-state index contributed by atoms with van der Waals surface area (Å²) in [6, 6.07) is 12.0. The van der Waals surface area contributed by atoms with Crippen LogP contribution in [0.1, 0.15) is 37.5 Å². The highest BCUT2D eigenvalue weighted by atomic mass is 28.4. The highest BCUT2D eigenvalue weighted by Gasteiger charge is 2.36. The lowest BCUT2D eigenvalue weighted by atomic mass is 10.1. The number of hydrogen-bond acceptors (Lipinski definition) is 5. The molecule has 0 N–H and O–H groups in total. The fourth-order valence-electron chi connectivity index (χ4n) is 2.97. The van der Waals surface area contributed by atoms with Gasteiger partial charge in [0.1, 0.15) is 12.4 Å². The van der Waals surface area contributed by atoms with Crippen LogP contribution >= 0.6 is 0 Å². The van der Waals surface area contributed by atoms with Crippen LogP contribution in [0.2, 0.25) is 18.1 Å². The van der Waals surface area contributed by atoms with Crippen LogP contribution in [0, 0.1) is 6.92 Å². The molecule has 0 heterocycles. The standard InChI is InChI=1S/C25H37NO4Si/c1-19-23(27-5)21(17-26-14-15-30-31(7,8)25(2,3)4)16-22(24(19)28-6)29-18-20-12-10-9-11-13-20/h9-13,16-17H,14-15,18H2,1-8H3. The van der Waals surface area contributed by atoms with Crippen LogP contribution in [0.5, 0.6) is 17.2 Å². The van der Waals surface area contributed by atoms with E-state index in [2.05, 4.69) is 38.9 Å². The summed E-state index contributed by atoms with van der Waals surface area (Å²) in [5.74, 6) is 2.08. The van der Waals surface area contributed by atoms with Crippen molar-refractivity contribution >= 4 is 14.5 Å². The average Bonchev–Trinajstić information content (AvgIpc) is 2.72. The summed E-state index contributed by atoms with van der Waals surface area (Å²) in [5, 5.41) is 0.192. The van der Waals surface area contributed by atoms with E-state index in [1.807, 2.05) is 49.5 Å². The van der Waals surface area contributed by atoms with Gasteiger partial charge in [-0.05, 0) is 36.7 Å². The van der Waals surface area contributed by atoms with Crippen LogP contribution < -0.4 is 14.2 Å². The minimum atomic E-state index is -1.76. The van der Waals surface area contributed by atoms with Crippen molar-refractivity contribution in [3.63, 3.8) is 0 Å². The lowest BCUT2D eigenvalue weighted by Gasteiger charge is -2.35. The molecule has 5 nitrogen and oxygen atoms in total. The maximum absolute atomic E-state index is 6.21. The molecule has 31 heavy (non-hydrogen) atoms. The Kier molecular flexibility index (Phi) is 8.71. The number of rotatable bonds is 10. The predicted octanol–water partition coefficient (Wildman–Crippen LogP) is 6.03. The molecule has 0 aliphatic heterocycles. The molecule has 170 valence electrons. The molecule has 2 rings (SSSR count). The zero-order chi connectivity index (χ0) is 23.1. The van der Waals surface area contributed by atoms with Crippen LogP contribution in [0.25, 0.3) is 0 Å². The molecule has 0 amide bonds. The highest BCUT2D eigenvalue weighted by molar-refractivity contribution is 6.74. The smallest absolute Gasteiger partial charge is 0.192 e. The zero-order valence-electron chi connectivity index (χ0n) is 20.2. The van der Waals surface area contributed by atoms with Gasteiger partial charge in [0.2, 0.25) is 0 Å². The van der Waals surface area contributed by atoms with E-state index in [4.69, 9.17) is 18.6 Å². The van der Waals surface area contributed by atoms with Gasteiger partial charge in [-0.25, -0.2) is 0 Å². The largest absolute Gasteiger partial charge is 0.496 e. The van der Waals surface area contributed by atoms with Gasteiger partial charge in [-0.3, -0.25) is 4.99 Å². The molecule has 0 radical (unpaired) electrons. The molecular formula is C25H37NO4Si. The first-order valence-electron chi connectivity index (χ1n) is 10.7. The van der Waals surface area contributed by atoms with E-state index in [-0.39, 0.29) is 5.04 Å². The van der Waals surface area contributed by atoms with Crippen LogP contribution in [-0.2, 0) is 11.0 Å². The highest BCUT2D eigenvalue weighted by Crippen LogP contribution is 2.40. The van der Waals surface area contributed by atoms with E-state index in [1.54, 1.807) is 14.2 Å². The minimum absolute atomic E-state index is 0.192. The molecule has 0 fully saturated rings. The Morgan fingerprint density at radius 3 is 2.23 bits per heavy atom. The van der Waals surface area contributed by atoms with E-state index >= 15 is 0 Å². The molecule has 2 aromatic rings. The Hall–Kier alpha value is -2.31. The topological polar surface area (TPSA) is 49.3 Å². The third kappa shape index (κ3) is 6.58. The fourth-order valence-corrected chi connectivity index (χ4v) is 4.01.